The van der Waals surface area contributed by atoms with Crippen molar-refractivity contribution in [1.29, 1.82) is 0 Å². The van der Waals surface area contributed by atoms with Gasteiger partial charge in [0.25, 0.3) is 0 Å². The molecule has 2 aromatic carbocycles. The summed E-state index contributed by atoms with van der Waals surface area (Å²) in [7, 11) is -1.55. The highest BCUT2D eigenvalue weighted by molar-refractivity contribution is 7.88. The summed E-state index contributed by atoms with van der Waals surface area (Å²) in [5.74, 6) is -0.268. The van der Waals surface area contributed by atoms with Gasteiger partial charge in [0, 0.05) is 44.7 Å². The van der Waals surface area contributed by atoms with E-state index in [1.807, 2.05) is 43.4 Å². The van der Waals surface area contributed by atoms with Gasteiger partial charge >= 0.3 is 0 Å². The molecule has 0 bridgehead atoms. The van der Waals surface area contributed by atoms with Crippen LogP contribution in [0.1, 0.15) is 49.3 Å². The molecule has 2 atom stereocenters. The third kappa shape index (κ3) is 6.88. The summed E-state index contributed by atoms with van der Waals surface area (Å²) >= 11 is 0. The van der Waals surface area contributed by atoms with E-state index in [1.165, 1.54) is 10.4 Å². The van der Waals surface area contributed by atoms with Crippen molar-refractivity contribution in [2.45, 2.75) is 49.9 Å². The minimum atomic E-state index is -3.38. The van der Waals surface area contributed by atoms with Gasteiger partial charge in [-0.3, -0.25) is 15.6 Å². The first-order valence-electron chi connectivity index (χ1n) is 12.3. The average Bonchev–Trinajstić information content (AvgIpc) is 3.33. The molecule has 0 radical (unpaired) electrons. The Morgan fingerprint density at radius 1 is 1.09 bits per heavy atom. The molecule has 9 heteroatoms. The van der Waals surface area contributed by atoms with Crippen molar-refractivity contribution in [2.75, 3.05) is 26.7 Å². The number of hydrogen-bond donors (Lipinski definition) is 2. The molecule has 1 amide bonds. The lowest BCUT2D eigenvalue weighted by Crippen LogP contribution is -2.44. The Bertz CT molecular complexity index is 1090. The number of rotatable bonds is 9. The first kappa shape index (κ1) is 25.8. The van der Waals surface area contributed by atoms with Crippen LogP contribution >= 0.6 is 0 Å². The molecule has 2 aliphatic rings. The van der Waals surface area contributed by atoms with Crippen LogP contribution in [0.25, 0.3) is 0 Å². The summed E-state index contributed by atoms with van der Waals surface area (Å²) in [6.07, 6.45) is 3.76. The summed E-state index contributed by atoms with van der Waals surface area (Å²) in [5, 5.41) is 0. The average molecular weight is 503 g/mol. The highest BCUT2D eigenvalue weighted by atomic mass is 32.2. The van der Waals surface area contributed by atoms with Gasteiger partial charge in [-0.2, -0.15) is 0 Å². The second-order valence-electron chi connectivity index (χ2n) is 9.65. The van der Waals surface area contributed by atoms with Crippen molar-refractivity contribution in [3.8, 4) is 0 Å². The molecule has 2 saturated heterocycles. The Labute approximate surface area is 207 Å². The van der Waals surface area contributed by atoms with Gasteiger partial charge in [0.05, 0.1) is 5.75 Å². The molecule has 7 nitrogen and oxygen atoms in total. The van der Waals surface area contributed by atoms with Gasteiger partial charge in [0.2, 0.25) is 15.9 Å². The van der Waals surface area contributed by atoms with E-state index in [4.69, 9.17) is 0 Å². The maximum absolute atomic E-state index is 13.5. The van der Waals surface area contributed by atoms with Crippen molar-refractivity contribution in [3.05, 3.63) is 71.5 Å². The molecule has 35 heavy (non-hydrogen) atoms. The summed E-state index contributed by atoms with van der Waals surface area (Å²) in [4.78, 5) is 14.7. The van der Waals surface area contributed by atoms with Crippen LogP contribution in [0.4, 0.5) is 4.39 Å². The maximum Gasteiger partial charge on any atom is 0.225 e. The zero-order valence-corrected chi connectivity index (χ0v) is 21.0. The SMILES string of the molecule is CN(CCCC1CC(c2cccc(F)c2)NN1)C(=O)C1CCN(S(=O)(=O)Cc2ccccc2)CC1. The molecular formula is C26H35FN4O3S. The number of amides is 1. The zero-order chi connectivity index (χ0) is 24.8. The van der Waals surface area contributed by atoms with Crippen molar-refractivity contribution < 1.29 is 17.6 Å². The molecule has 2 aliphatic heterocycles. The van der Waals surface area contributed by atoms with E-state index in [2.05, 4.69) is 10.9 Å². The van der Waals surface area contributed by atoms with Crippen molar-refractivity contribution in [2.24, 2.45) is 5.92 Å². The Morgan fingerprint density at radius 3 is 2.54 bits per heavy atom. The minimum absolute atomic E-state index is 0.00349. The van der Waals surface area contributed by atoms with Gasteiger partial charge < -0.3 is 4.90 Å². The van der Waals surface area contributed by atoms with E-state index in [9.17, 15) is 17.6 Å². The van der Waals surface area contributed by atoms with E-state index >= 15 is 0 Å². The fourth-order valence-electron chi connectivity index (χ4n) is 5.01. The smallest absolute Gasteiger partial charge is 0.225 e. The van der Waals surface area contributed by atoms with Crippen molar-refractivity contribution in [3.63, 3.8) is 0 Å². The Hall–Kier alpha value is -2.33. The van der Waals surface area contributed by atoms with Crippen LogP contribution in [0.5, 0.6) is 0 Å². The van der Waals surface area contributed by atoms with Gasteiger partial charge in [0.1, 0.15) is 5.82 Å². The summed E-state index contributed by atoms with van der Waals surface area (Å²) in [6.45, 7) is 1.44. The van der Waals surface area contributed by atoms with E-state index in [-0.39, 0.29) is 35.5 Å². The molecule has 190 valence electrons. The number of carbonyl (C=O) groups is 1. The number of halogens is 1. The predicted octanol–water partition coefficient (Wildman–Crippen LogP) is 3.21. The van der Waals surface area contributed by atoms with Gasteiger partial charge in [-0.15, -0.1) is 0 Å². The molecule has 0 saturated carbocycles. The van der Waals surface area contributed by atoms with E-state index < -0.39 is 10.0 Å². The lowest BCUT2D eigenvalue weighted by Gasteiger charge is -2.32. The number of piperidine rings is 1. The van der Waals surface area contributed by atoms with Crippen LogP contribution in [-0.4, -0.2) is 56.3 Å². The van der Waals surface area contributed by atoms with Crippen molar-refractivity contribution in [1.82, 2.24) is 20.1 Å². The third-order valence-corrected chi connectivity index (χ3v) is 8.89. The number of hydrazine groups is 1. The number of nitrogens with zero attached hydrogens (tertiary/aromatic N) is 2. The first-order valence-corrected chi connectivity index (χ1v) is 14.0. The molecular weight excluding hydrogens is 467 g/mol. The van der Waals surface area contributed by atoms with Crippen LogP contribution in [0.3, 0.4) is 0 Å². The largest absolute Gasteiger partial charge is 0.346 e. The topological polar surface area (TPSA) is 81.8 Å². The minimum Gasteiger partial charge on any atom is -0.346 e. The standard InChI is InChI=1S/C26H35FN4O3S/c1-30(14-6-11-24-18-25(29-28-24)22-9-5-10-23(27)17-22)26(32)21-12-15-31(16-13-21)35(33,34)19-20-7-3-2-4-8-20/h2-5,7-10,17,21,24-25,28-29H,6,11-16,18-19H2,1H3. The quantitative estimate of drug-likeness (QED) is 0.550. The molecule has 2 heterocycles. The number of benzene rings is 2. The van der Waals surface area contributed by atoms with Crippen LogP contribution in [0, 0.1) is 11.7 Å². The summed E-state index contributed by atoms with van der Waals surface area (Å²) < 4.78 is 40.5. The van der Waals surface area contributed by atoms with Crippen LogP contribution < -0.4 is 10.9 Å². The second-order valence-corrected chi connectivity index (χ2v) is 11.6. The Balaban J connectivity index is 1.17. The van der Waals surface area contributed by atoms with Crippen LogP contribution in [0.15, 0.2) is 54.6 Å². The first-order chi connectivity index (χ1) is 16.8. The van der Waals surface area contributed by atoms with Crippen molar-refractivity contribution >= 4 is 15.9 Å². The lowest BCUT2D eigenvalue weighted by molar-refractivity contribution is -0.135. The van der Waals surface area contributed by atoms with E-state index in [1.54, 1.807) is 17.0 Å². The Morgan fingerprint density at radius 2 is 1.83 bits per heavy atom. The monoisotopic (exact) mass is 502 g/mol. The predicted molar refractivity (Wildman–Crippen MR) is 134 cm³/mol. The number of sulfonamides is 1. The van der Waals surface area contributed by atoms with Gasteiger partial charge in [-0.05, 0) is 55.4 Å². The Kier molecular flexibility index (Phi) is 8.54. The molecule has 0 aromatic heterocycles. The van der Waals surface area contributed by atoms with E-state index in [0.29, 0.717) is 32.5 Å². The molecule has 2 N–H and O–H groups in total. The van der Waals surface area contributed by atoms with Gasteiger partial charge in [0.15, 0.2) is 0 Å². The highest BCUT2D eigenvalue weighted by Crippen LogP contribution is 2.26. The number of hydrogen-bond acceptors (Lipinski definition) is 5. The fraction of sp³-hybridized carbons (Fsp3) is 0.500. The normalized spacial score (nSPS) is 21.8. The molecule has 2 aromatic rings. The fourth-order valence-corrected chi connectivity index (χ4v) is 6.57. The molecule has 4 rings (SSSR count). The van der Waals surface area contributed by atoms with Gasteiger partial charge in [-0.1, -0.05) is 42.5 Å². The summed E-state index contributed by atoms with van der Waals surface area (Å²) in [6, 6.07) is 16.2. The molecule has 2 fully saturated rings. The van der Waals surface area contributed by atoms with Crippen LogP contribution in [-0.2, 0) is 20.6 Å². The maximum atomic E-state index is 13.5. The third-order valence-electron chi connectivity index (χ3n) is 7.04. The molecule has 2 unspecified atom stereocenters. The molecule has 0 aliphatic carbocycles. The lowest BCUT2D eigenvalue weighted by atomic mass is 9.96. The highest BCUT2D eigenvalue weighted by Gasteiger charge is 2.32. The second kappa shape index (κ2) is 11.6. The van der Waals surface area contributed by atoms with Gasteiger partial charge in [-0.25, -0.2) is 17.1 Å². The molecule has 0 spiro atoms. The number of nitrogens with one attached hydrogen (secondary N) is 2. The summed E-state index contributed by atoms with van der Waals surface area (Å²) in [5.41, 5.74) is 8.24. The zero-order valence-electron chi connectivity index (χ0n) is 20.2. The van der Waals surface area contributed by atoms with E-state index in [0.717, 1.165) is 30.4 Å². The van der Waals surface area contributed by atoms with Crippen LogP contribution in [0.2, 0.25) is 0 Å². The number of carbonyl (C=O) groups excluding carboxylic acids is 1.